The lowest BCUT2D eigenvalue weighted by Gasteiger charge is -2.45. The number of benzene rings is 1. The van der Waals surface area contributed by atoms with E-state index in [2.05, 4.69) is 25.9 Å². The van der Waals surface area contributed by atoms with Crippen molar-refractivity contribution in [2.75, 3.05) is 4.90 Å². The second-order valence-corrected chi connectivity index (χ2v) is 6.71. The molecule has 4 N–H and O–H groups in total. The number of hydrogen-bond acceptors (Lipinski definition) is 5. The molecule has 1 aliphatic carbocycles. The number of aliphatic imine (C=N–C) groups is 2. The molecule has 1 aromatic carbocycles. The fourth-order valence-corrected chi connectivity index (χ4v) is 3.72. The molecule has 1 aromatic rings. The summed E-state index contributed by atoms with van der Waals surface area (Å²) in [6, 6.07) is 5.61. The summed E-state index contributed by atoms with van der Waals surface area (Å²) in [5.41, 5.74) is 12.5. The third kappa shape index (κ3) is 2.62. The zero-order valence-electron chi connectivity index (χ0n) is 11.5. The fourth-order valence-electron chi connectivity index (χ4n) is 3.13. The highest BCUT2D eigenvalue weighted by atomic mass is 79.9. The van der Waals surface area contributed by atoms with Gasteiger partial charge in [0.15, 0.2) is 0 Å². The van der Waals surface area contributed by atoms with Crippen LogP contribution in [0.15, 0.2) is 32.7 Å². The highest BCUT2D eigenvalue weighted by Crippen LogP contribution is 2.42. The van der Waals surface area contributed by atoms with Crippen LogP contribution in [-0.4, -0.2) is 17.6 Å². The molecule has 0 aromatic heterocycles. The molecule has 0 amide bonds. The average molecular weight is 371 g/mol. The number of nitrogens with zero attached hydrogens (tertiary/aromatic N) is 3. The fraction of sp³-hybridized carbons (Fsp3) is 0.429. The number of hydrogen-bond donors (Lipinski definition) is 2. The van der Waals surface area contributed by atoms with E-state index in [-0.39, 0.29) is 5.96 Å². The van der Waals surface area contributed by atoms with E-state index in [9.17, 15) is 0 Å². The first kappa shape index (κ1) is 14.7. The molecule has 21 heavy (non-hydrogen) atoms. The maximum Gasteiger partial charge on any atom is 0.220 e. The average Bonchev–Trinajstić information content (AvgIpc) is 2.42. The smallest absolute Gasteiger partial charge is 0.220 e. The third-order valence-corrected chi connectivity index (χ3v) is 4.91. The standard InChI is InChI=1S/C14H17BrClN5/c15-10-5-4-9(16)8-11(10)21-13(18)19-12(17)20-14(21)6-2-1-3-7-14/h4-5,8H,1-3,6-7H2,(H4,17,18,19,20). The first-order valence-electron chi connectivity index (χ1n) is 6.97. The minimum atomic E-state index is -0.443. The van der Waals surface area contributed by atoms with Crippen LogP contribution in [0.3, 0.4) is 0 Å². The van der Waals surface area contributed by atoms with Crippen LogP contribution in [0.2, 0.25) is 5.02 Å². The highest BCUT2D eigenvalue weighted by molar-refractivity contribution is 9.10. The summed E-state index contributed by atoms with van der Waals surface area (Å²) in [5.74, 6) is 0.621. The third-order valence-electron chi connectivity index (χ3n) is 4.00. The van der Waals surface area contributed by atoms with E-state index in [1.54, 1.807) is 0 Å². The van der Waals surface area contributed by atoms with Gasteiger partial charge in [-0.1, -0.05) is 18.0 Å². The van der Waals surface area contributed by atoms with Gasteiger partial charge in [0.05, 0.1) is 5.69 Å². The van der Waals surface area contributed by atoms with Gasteiger partial charge in [-0.2, -0.15) is 4.99 Å². The molecule has 0 radical (unpaired) electrons. The Kier molecular flexibility index (Phi) is 3.84. The largest absolute Gasteiger partial charge is 0.369 e. The summed E-state index contributed by atoms with van der Waals surface area (Å²) < 4.78 is 0.908. The van der Waals surface area contributed by atoms with Gasteiger partial charge in [-0.25, -0.2) is 4.99 Å². The lowest BCUT2D eigenvalue weighted by molar-refractivity contribution is 0.305. The van der Waals surface area contributed by atoms with Gasteiger partial charge in [0.25, 0.3) is 0 Å². The highest BCUT2D eigenvalue weighted by Gasteiger charge is 2.43. The Hall–Kier alpha value is -1.27. The number of nitrogens with two attached hydrogens (primary N) is 2. The Balaban J connectivity index is 2.13. The van der Waals surface area contributed by atoms with Crippen molar-refractivity contribution in [3.8, 4) is 0 Å². The molecule has 7 heteroatoms. The molecule has 0 saturated heterocycles. The molecule has 0 atom stereocenters. The van der Waals surface area contributed by atoms with Crippen LogP contribution in [0, 0.1) is 0 Å². The number of halogens is 2. The van der Waals surface area contributed by atoms with Crippen LogP contribution in [-0.2, 0) is 0 Å². The van der Waals surface area contributed by atoms with Crippen molar-refractivity contribution in [1.29, 1.82) is 0 Å². The molecule has 1 saturated carbocycles. The Labute approximate surface area is 137 Å². The van der Waals surface area contributed by atoms with Crippen LogP contribution < -0.4 is 16.4 Å². The van der Waals surface area contributed by atoms with Crippen molar-refractivity contribution in [2.24, 2.45) is 21.5 Å². The van der Waals surface area contributed by atoms with Crippen molar-refractivity contribution < 1.29 is 0 Å². The quantitative estimate of drug-likeness (QED) is 0.796. The zero-order valence-corrected chi connectivity index (χ0v) is 13.9. The van der Waals surface area contributed by atoms with Crippen molar-refractivity contribution >= 4 is 45.1 Å². The van der Waals surface area contributed by atoms with Crippen molar-refractivity contribution in [1.82, 2.24) is 0 Å². The molecule has 2 aliphatic rings. The van der Waals surface area contributed by atoms with E-state index >= 15 is 0 Å². The first-order valence-corrected chi connectivity index (χ1v) is 8.14. The van der Waals surface area contributed by atoms with Crippen LogP contribution in [0.25, 0.3) is 0 Å². The number of guanidine groups is 2. The maximum absolute atomic E-state index is 6.18. The molecule has 0 unspecified atom stereocenters. The lowest BCUT2D eigenvalue weighted by Crippen LogP contribution is -2.58. The molecule has 1 aliphatic heterocycles. The molecule has 3 rings (SSSR count). The van der Waals surface area contributed by atoms with Crippen molar-refractivity contribution in [3.63, 3.8) is 0 Å². The Bertz CT molecular complexity index is 622. The van der Waals surface area contributed by atoms with Crippen LogP contribution in [0.1, 0.15) is 32.1 Å². The van der Waals surface area contributed by atoms with E-state index in [1.807, 2.05) is 23.1 Å². The van der Waals surface area contributed by atoms with Gasteiger partial charge in [0.1, 0.15) is 5.66 Å². The van der Waals surface area contributed by atoms with E-state index in [0.29, 0.717) is 11.0 Å². The van der Waals surface area contributed by atoms with Gasteiger partial charge >= 0.3 is 0 Å². The first-order chi connectivity index (χ1) is 10.0. The van der Waals surface area contributed by atoms with Crippen LogP contribution >= 0.6 is 27.5 Å². The minimum absolute atomic E-state index is 0.254. The molecule has 1 heterocycles. The summed E-state index contributed by atoms with van der Waals surface area (Å²) in [6.07, 6.45) is 5.21. The predicted octanol–water partition coefficient (Wildman–Crippen LogP) is 3.21. The number of anilines is 1. The van der Waals surface area contributed by atoms with E-state index < -0.39 is 5.66 Å². The topological polar surface area (TPSA) is 80.0 Å². The monoisotopic (exact) mass is 369 g/mol. The van der Waals surface area contributed by atoms with Gasteiger partial charge < -0.3 is 11.5 Å². The van der Waals surface area contributed by atoms with Crippen LogP contribution in [0.4, 0.5) is 5.69 Å². The lowest BCUT2D eigenvalue weighted by atomic mass is 9.87. The van der Waals surface area contributed by atoms with E-state index in [1.165, 1.54) is 6.42 Å². The van der Waals surface area contributed by atoms with Gasteiger partial charge in [0.2, 0.25) is 11.9 Å². The molecule has 0 bridgehead atoms. The minimum Gasteiger partial charge on any atom is -0.369 e. The molecule has 1 fully saturated rings. The Morgan fingerprint density at radius 3 is 2.62 bits per heavy atom. The molecule has 5 nitrogen and oxygen atoms in total. The summed E-state index contributed by atoms with van der Waals surface area (Å²) in [7, 11) is 0. The zero-order chi connectivity index (χ0) is 15.0. The number of rotatable bonds is 1. The summed E-state index contributed by atoms with van der Waals surface area (Å²) in [4.78, 5) is 10.8. The van der Waals surface area contributed by atoms with Gasteiger partial charge in [-0.15, -0.1) is 0 Å². The Morgan fingerprint density at radius 1 is 1.19 bits per heavy atom. The molecular weight excluding hydrogens is 354 g/mol. The molecule has 112 valence electrons. The van der Waals surface area contributed by atoms with Crippen LogP contribution in [0.5, 0.6) is 0 Å². The second kappa shape index (κ2) is 5.50. The van der Waals surface area contributed by atoms with Crippen molar-refractivity contribution in [2.45, 2.75) is 37.8 Å². The van der Waals surface area contributed by atoms with E-state index in [4.69, 9.17) is 23.1 Å². The van der Waals surface area contributed by atoms with Gasteiger partial charge in [-0.05, 0) is 59.8 Å². The van der Waals surface area contributed by atoms with Crippen molar-refractivity contribution in [3.05, 3.63) is 27.7 Å². The Morgan fingerprint density at radius 2 is 1.90 bits per heavy atom. The summed E-state index contributed by atoms with van der Waals surface area (Å²) >= 11 is 9.72. The summed E-state index contributed by atoms with van der Waals surface area (Å²) in [5, 5.41) is 0.648. The van der Waals surface area contributed by atoms with E-state index in [0.717, 1.165) is 35.8 Å². The second-order valence-electron chi connectivity index (χ2n) is 5.41. The van der Waals surface area contributed by atoms with Gasteiger partial charge in [0, 0.05) is 9.50 Å². The molecule has 1 spiro atoms. The predicted molar refractivity (Wildman–Crippen MR) is 90.7 cm³/mol. The SMILES string of the molecule is NC1=NC2(CCCCC2)N(c2cc(Cl)ccc2Br)C(N)=N1. The maximum atomic E-state index is 6.18. The normalized spacial score (nSPS) is 21.1. The summed E-state index contributed by atoms with van der Waals surface area (Å²) in [6.45, 7) is 0. The molecular formula is C14H17BrClN5. The van der Waals surface area contributed by atoms with Gasteiger partial charge in [-0.3, -0.25) is 4.90 Å².